The Kier molecular flexibility index (Phi) is 6.92. The lowest BCUT2D eigenvalue weighted by Crippen LogP contribution is -2.43. The fraction of sp³-hybridized carbons (Fsp3) is 0.269. The number of rotatable bonds is 6. The van der Waals surface area contributed by atoms with Crippen LogP contribution < -0.4 is 10.6 Å². The van der Waals surface area contributed by atoms with E-state index >= 15 is 0 Å². The van der Waals surface area contributed by atoms with Crippen LogP contribution in [0.4, 0.5) is 5.69 Å². The van der Waals surface area contributed by atoms with Gasteiger partial charge in [-0.15, -0.1) is 0 Å². The zero-order valence-corrected chi connectivity index (χ0v) is 18.3. The molecule has 2 heterocycles. The van der Waals surface area contributed by atoms with Crippen molar-refractivity contribution in [3.8, 4) is 0 Å². The number of pyridine rings is 1. The maximum absolute atomic E-state index is 12.6. The summed E-state index contributed by atoms with van der Waals surface area (Å²) in [6, 6.07) is 19.8. The maximum atomic E-state index is 12.6. The van der Waals surface area contributed by atoms with Crippen molar-refractivity contribution in [2.45, 2.75) is 32.4 Å². The highest BCUT2D eigenvalue weighted by atomic mass is 16.2. The van der Waals surface area contributed by atoms with E-state index in [1.165, 1.54) is 11.1 Å². The molecule has 0 unspecified atom stereocenters. The Balaban J connectivity index is 1.45. The van der Waals surface area contributed by atoms with Crippen molar-refractivity contribution in [1.82, 2.24) is 15.2 Å². The molecule has 1 aromatic heterocycles. The van der Waals surface area contributed by atoms with Gasteiger partial charge in [-0.2, -0.15) is 0 Å². The highest BCUT2D eigenvalue weighted by Gasteiger charge is 2.26. The van der Waals surface area contributed by atoms with Crippen LogP contribution >= 0.6 is 0 Å². The average Bonchev–Trinajstić information content (AvgIpc) is 2.85. The summed E-state index contributed by atoms with van der Waals surface area (Å²) in [4.78, 5) is 31.7. The number of para-hydroxylation sites is 1. The zero-order valence-electron chi connectivity index (χ0n) is 18.3. The number of nitrogens with one attached hydrogen (secondary N) is 2. The van der Waals surface area contributed by atoms with Crippen molar-refractivity contribution in [3.05, 3.63) is 95.3 Å². The van der Waals surface area contributed by atoms with Gasteiger partial charge in [-0.3, -0.25) is 19.5 Å². The molecular weight excluding hydrogens is 400 g/mol. The van der Waals surface area contributed by atoms with Crippen LogP contribution in [0.2, 0.25) is 0 Å². The second kappa shape index (κ2) is 10.2. The number of aromatic nitrogens is 1. The lowest BCUT2D eigenvalue weighted by molar-refractivity contribution is -0.136. The van der Waals surface area contributed by atoms with E-state index in [1.54, 1.807) is 6.20 Å². The lowest BCUT2D eigenvalue weighted by atomic mass is 9.97. The summed E-state index contributed by atoms with van der Waals surface area (Å²) < 4.78 is 0. The Bertz CT molecular complexity index is 1080. The summed E-state index contributed by atoms with van der Waals surface area (Å²) in [6.45, 7) is 4.01. The van der Waals surface area contributed by atoms with Gasteiger partial charge in [0.15, 0.2) is 0 Å². The number of hydrogen-bond donors (Lipinski definition) is 2. The number of amides is 2. The number of benzene rings is 2. The first-order chi connectivity index (χ1) is 15.7. The standard InChI is InChI=1S/C26H28N4O2/c1-2-19-8-5-6-12-23(19)29-26(32)25(31)28-17-24(21-11-7-14-27-16-21)30-15-13-20-9-3-4-10-22(20)18-30/h3-12,14,16,24H,2,13,15,17-18H2,1H3,(H,28,31)(H,29,32)/t24-/m1/s1. The molecule has 0 fully saturated rings. The van der Waals surface area contributed by atoms with Gasteiger partial charge in [-0.05, 0) is 47.2 Å². The van der Waals surface area contributed by atoms with Gasteiger partial charge in [-0.1, -0.05) is 55.5 Å². The minimum atomic E-state index is -0.653. The average molecular weight is 429 g/mol. The first-order valence-electron chi connectivity index (χ1n) is 11.0. The first-order valence-corrected chi connectivity index (χ1v) is 11.0. The van der Waals surface area contributed by atoms with Crippen molar-refractivity contribution in [3.63, 3.8) is 0 Å². The lowest BCUT2D eigenvalue weighted by Gasteiger charge is -2.35. The van der Waals surface area contributed by atoms with Crippen LogP contribution in [0.5, 0.6) is 0 Å². The predicted molar refractivity (Wildman–Crippen MR) is 125 cm³/mol. The van der Waals surface area contributed by atoms with E-state index in [0.717, 1.165) is 37.1 Å². The first kappa shape index (κ1) is 21.7. The van der Waals surface area contributed by atoms with Crippen LogP contribution in [0.15, 0.2) is 73.1 Å². The van der Waals surface area contributed by atoms with Crippen LogP contribution in [0, 0.1) is 0 Å². The van der Waals surface area contributed by atoms with Crippen molar-refractivity contribution in [1.29, 1.82) is 0 Å². The Labute approximate surface area is 188 Å². The molecule has 164 valence electrons. The molecule has 6 heteroatoms. The molecule has 0 radical (unpaired) electrons. The van der Waals surface area contributed by atoms with E-state index in [0.29, 0.717) is 12.2 Å². The number of aryl methyl sites for hydroxylation is 1. The molecule has 2 N–H and O–H groups in total. The van der Waals surface area contributed by atoms with E-state index in [9.17, 15) is 9.59 Å². The Morgan fingerprint density at radius 2 is 1.78 bits per heavy atom. The monoisotopic (exact) mass is 428 g/mol. The van der Waals surface area contributed by atoms with Gasteiger partial charge in [0.25, 0.3) is 0 Å². The van der Waals surface area contributed by atoms with E-state index < -0.39 is 11.8 Å². The molecule has 0 bridgehead atoms. The molecule has 4 rings (SSSR count). The van der Waals surface area contributed by atoms with Crippen LogP contribution in [-0.2, 0) is 29.0 Å². The van der Waals surface area contributed by atoms with E-state index in [-0.39, 0.29) is 6.04 Å². The third-order valence-corrected chi connectivity index (χ3v) is 5.98. The fourth-order valence-corrected chi connectivity index (χ4v) is 4.21. The minimum Gasteiger partial charge on any atom is -0.346 e. The molecule has 0 saturated carbocycles. The highest BCUT2D eigenvalue weighted by Crippen LogP contribution is 2.27. The van der Waals surface area contributed by atoms with Crippen LogP contribution in [-0.4, -0.2) is 34.8 Å². The SMILES string of the molecule is CCc1ccccc1NC(=O)C(=O)NC[C@H](c1cccnc1)N1CCc2ccccc2C1. The molecule has 2 aromatic carbocycles. The molecule has 0 saturated heterocycles. The molecule has 32 heavy (non-hydrogen) atoms. The van der Waals surface area contributed by atoms with Crippen molar-refractivity contribution in [2.24, 2.45) is 0 Å². The normalized spacial score (nSPS) is 14.3. The quantitative estimate of drug-likeness (QED) is 0.590. The molecule has 0 spiro atoms. The van der Waals surface area contributed by atoms with Gasteiger partial charge in [-0.25, -0.2) is 0 Å². The summed E-state index contributed by atoms with van der Waals surface area (Å²) in [6.07, 6.45) is 5.30. The topological polar surface area (TPSA) is 74.3 Å². The van der Waals surface area contributed by atoms with Gasteiger partial charge >= 0.3 is 11.8 Å². The summed E-state index contributed by atoms with van der Waals surface area (Å²) in [5.41, 5.74) is 5.35. The van der Waals surface area contributed by atoms with E-state index in [4.69, 9.17) is 0 Å². The van der Waals surface area contributed by atoms with Gasteiger partial charge in [0.05, 0.1) is 6.04 Å². The van der Waals surface area contributed by atoms with E-state index in [1.807, 2.05) is 49.5 Å². The van der Waals surface area contributed by atoms with Gasteiger partial charge < -0.3 is 10.6 Å². The second-order valence-corrected chi connectivity index (χ2v) is 7.97. The zero-order chi connectivity index (χ0) is 22.3. The molecule has 1 atom stereocenters. The highest BCUT2D eigenvalue weighted by molar-refractivity contribution is 6.39. The Morgan fingerprint density at radius 1 is 1.00 bits per heavy atom. The molecule has 6 nitrogen and oxygen atoms in total. The predicted octanol–water partition coefficient (Wildman–Crippen LogP) is 3.50. The molecule has 1 aliphatic heterocycles. The number of hydrogen-bond acceptors (Lipinski definition) is 4. The minimum absolute atomic E-state index is 0.0725. The molecule has 0 aliphatic carbocycles. The van der Waals surface area contributed by atoms with E-state index in [2.05, 4.69) is 44.8 Å². The number of carbonyl (C=O) groups is 2. The van der Waals surface area contributed by atoms with Crippen molar-refractivity contribution >= 4 is 17.5 Å². The maximum Gasteiger partial charge on any atom is 0.313 e. The number of fused-ring (bicyclic) bond motifs is 1. The van der Waals surface area contributed by atoms with Crippen LogP contribution in [0.3, 0.4) is 0 Å². The van der Waals surface area contributed by atoms with Crippen LogP contribution in [0.1, 0.15) is 35.2 Å². The molecule has 3 aromatic rings. The van der Waals surface area contributed by atoms with Crippen LogP contribution in [0.25, 0.3) is 0 Å². The third-order valence-electron chi connectivity index (χ3n) is 5.98. The smallest absolute Gasteiger partial charge is 0.313 e. The summed E-state index contributed by atoms with van der Waals surface area (Å²) >= 11 is 0. The second-order valence-electron chi connectivity index (χ2n) is 7.97. The fourth-order valence-electron chi connectivity index (χ4n) is 4.21. The van der Waals surface area contributed by atoms with Crippen molar-refractivity contribution in [2.75, 3.05) is 18.4 Å². The summed E-state index contributed by atoms with van der Waals surface area (Å²) in [5.74, 6) is -1.29. The van der Waals surface area contributed by atoms with Gasteiger partial charge in [0, 0.05) is 37.7 Å². The Hall–Kier alpha value is -3.51. The molecule has 1 aliphatic rings. The number of anilines is 1. The number of carbonyl (C=O) groups excluding carboxylic acids is 2. The summed E-state index contributed by atoms with van der Waals surface area (Å²) in [7, 11) is 0. The number of nitrogens with zero attached hydrogens (tertiary/aromatic N) is 2. The summed E-state index contributed by atoms with van der Waals surface area (Å²) in [5, 5.41) is 5.58. The Morgan fingerprint density at radius 3 is 2.56 bits per heavy atom. The molecule has 2 amide bonds. The largest absolute Gasteiger partial charge is 0.346 e. The third kappa shape index (κ3) is 5.03. The van der Waals surface area contributed by atoms with Crippen molar-refractivity contribution < 1.29 is 9.59 Å². The van der Waals surface area contributed by atoms with Gasteiger partial charge in [0.2, 0.25) is 0 Å². The molecular formula is C26H28N4O2. The van der Waals surface area contributed by atoms with Gasteiger partial charge in [0.1, 0.15) is 0 Å².